The Balaban J connectivity index is 1.28. The van der Waals surface area contributed by atoms with Crippen molar-refractivity contribution in [2.75, 3.05) is 13.2 Å². The zero-order valence-electron chi connectivity index (χ0n) is 14.9. The molecule has 6 heteroatoms. The molecule has 0 bridgehead atoms. The van der Waals surface area contributed by atoms with Gasteiger partial charge < -0.3 is 14.6 Å². The van der Waals surface area contributed by atoms with Crippen LogP contribution < -0.4 is 5.32 Å². The minimum atomic E-state index is -0.0908. The van der Waals surface area contributed by atoms with Gasteiger partial charge in [0.1, 0.15) is 6.10 Å². The van der Waals surface area contributed by atoms with Crippen molar-refractivity contribution >= 4 is 5.91 Å². The van der Waals surface area contributed by atoms with E-state index < -0.39 is 0 Å². The number of carbonyl (C=O) groups is 1. The number of fused-ring (bicyclic) bond motifs is 1. The first-order chi connectivity index (χ1) is 13.3. The second-order valence-corrected chi connectivity index (χ2v) is 6.49. The van der Waals surface area contributed by atoms with Gasteiger partial charge in [0.15, 0.2) is 0 Å². The van der Waals surface area contributed by atoms with Gasteiger partial charge in [-0.2, -0.15) is 4.98 Å². The molecule has 0 spiro atoms. The van der Waals surface area contributed by atoms with Crippen LogP contribution >= 0.6 is 0 Å². The van der Waals surface area contributed by atoms with E-state index in [1.165, 1.54) is 5.56 Å². The molecule has 0 unspecified atom stereocenters. The molecule has 1 amide bonds. The van der Waals surface area contributed by atoms with Crippen molar-refractivity contribution < 1.29 is 14.1 Å². The van der Waals surface area contributed by atoms with E-state index in [1.807, 2.05) is 42.5 Å². The smallest absolute Gasteiger partial charge is 0.227 e. The van der Waals surface area contributed by atoms with E-state index in [1.54, 1.807) is 0 Å². The SMILES string of the molecule is O=C(CCc1nc(-c2ccccc2)no1)NC[C@H]1OCCc2ccccc21. The highest BCUT2D eigenvalue weighted by Gasteiger charge is 2.21. The van der Waals surface area contributed by atoms with Crippen molar-refractivity contribution in [3.8, 4) is 11.4 Å². The summed E-state index contributed by atoms with van der Waals surface area (Å²) in [5, 5.41) is 6.92. The maximum Gasteiger partial charge on any atom is 0.227 e. The molecule has 1 atom stereocenters. The van der Waals surface area contributed by atoms with Gasteiger partial charge in [-0.1, -0.05) is 59.8 Å². The Hall–Kier alpha value is -2.99. The molecular weight excluding hydrogens is 342 g/mol. The van der Waals surface area contributed by atoms with Crippen molar-refractivity contribution in [3.05, 3.63) is 71.6 Å². The van der Waals surface area contributed by atoms with Crippen LogP contribution in [-0.2, 0) is 22.4 Å². The van der Waals surface area contributed by atoms with E-state index in [-0.39, 0.29) is 12.0 Å². The highest BCUT2D eigenvalue weighted by Crippen LogP contribution is 2.26. The zero-order chi connectivity index (χ0) is 18.5. The van der Waals surface area contributed by atoms with Gasteiger partial charge in [-0.15, -0.1) is 0 Å². The number of hydrogen-bond donors (Lipinski definition) is 1. The lowest BCUT2D eigenvalue weighted by atomic mass is 9.97. The second kappa shape index (κ2) is 8.14. The van der Waals surface area contributed by atoms with Gasteiger partial charge in [-0.25, -0.2) is 0 Å². The molecule has 138 valence electrons. The molecule has 3 aromatic rings. The van der Waals surface area contributed by atoms with Crippen LogP contribution in [0.25, 0.3) is 11.4 Å². The molecule has 1 N–H and O–H groups in total. The van der Waals surface area contributed by atoms with Gasteiger partial charge in [0.05, 0.1) is 6.61 Å². The number of benzene rings is 2. The van der Waals surface area contributed by atoms with Crippen LogP contribution in [0.2, 0.25) is 0 Å². The molecule has 2 heterocycles. The van der Waals surface area contributed by atoms with E-state index in [2.05, 4.69) is 27.6 Å². The summed E-state index contributed by atoms with van der Waals surface area (Å²) in [4.78, 5) is 16.5. The quantitative estimate of drug-likeness (QED) is 0.728. The third-order valence-corrected chi connectivity index (χ3v) is 4.64. The van der Waals surface area contributed by atoms with Crippen molar-refractivity contribution in [2.45, 2.75) is 25.4 Å². The Morgan fingerprint density at radius 3 is 2.81 bits per heavy atom. The molecule has 1 aromatic heterocycles. The second-order valence-electron chi connectivity index (χ2n) is 6.49. The molecule has 0 radical (unpaired) electrons. The lowest BCUT2D eigenvalue weighted by molar-refractivity contribution is -0.121. The summed E-state index contributed by atoms with van der Waals surface area (Å²) in [6, 6.07) is 17.8. The molecular formula is C21H21N3O3. The van der Waals surface area contributed by atoms with Crippen LogP contribution in [0.4, 0.5) is 0 Å². The van der Waals surface area contributed by atoms with Gasteiger partial charge in [0.25, 0.3) is 0 Å². The Morgan fingerprint density at radius 1 is 1.11 bits per heavy atom. The van der Waals surface area contributed by atoms with Crippen LogP contribution in [0.3, 0.4) is 0 Å². The normalized spacial score (nSPS) is 15.9. The third kappa shape index (κ3) is 4.23. The monoisotopic (exact) mass is 363 g/mol. The summed E-state index contributed by atoms with van der Waals surface area (Å²) >= 11 is 0. The number of carbonyl (C=O) groups excluding carboxylic acids is 1. The van der Waals surface area contributed by atoms with E-state index in [4.69, 9.17) is 9.26 Å². The summed E-state index contributed by atoms with van der Waals surface area (Å²) in [5.41, 5.74) is 3.35. The summed E-state index contributed by atoms with van der Waals surface area (Å²) in [7, 11) is 0. The average molecular weight is 363 g/mol. The van der Waals surface area contributed by atoms with Crippen LogP contribution in [-0.4, -0.2) is 29.2 Å². The first kappa shape index (κ1) is 17.4. The highest BCUT2D eigenvalue weighted by atomic mass is 16.5. The van der Waals surface area contributed by atoms with Gasteiger partial charge >= 0.3 is 0 Å². The van der Waals surface area contributed by atoms with E-state index in [0.29, 0.717) is 37.7 Å². The van der Waals surface area contributed by atoms with Crippen LogP contribution in [0.5, 0.6) is 0 Å². The molecule has 0 saturated carbocycles. The minimum absolute atomic E-state index is 0.0545. The number of nitrogens with one attached hydrogen (secondary N) is 1. The molecule has 1 aliphatic rings. The number of rotatable bonds is 6. The summed E-state index contributed by atoms with van der Waals surface area (Å²) < 4.78 is 11.1. The number of ether oxygens (including phenoxy) is 1. The molecule has 0 aliphatic carbocycles. The number of nitrogens with zero attached hydrogens (tertiary/aromatic N) is 2. The molecule has 0 fully saturated rings. The molecule has 4 rings (SSSR count). The number of aryl methyl sites for hydroxylation is 1. The van der Waals surface area contributed by atoms with Gasteiger partial charge in [0.2, 0.25) is 17.6 Å². The molecule has 1 aliphatic heterocycles. The molecule has 27 heavy (non-hydrogen) atoms. The zero-order valence-corrected chi connectivity index (χ0v) is 14.9. The van der Waals surface area contributed by atoms with E-state index in [0.717, 1.165) is 17.5 Å². The standard InChI is InChI=1S/C21H21N3O3/c25-19(22-14-18-17-9-5-4-6-15(17)12-13-26-18)10-11-20-23-21(24-27-20)16-7-2-1-3-8-16/h1-9,18H,10-14H2,(H,22,25)/t18-/m1/s1. The fraction of sp³-hybridized carbons (Fsp3) is 0.286. The summed E-state index contributed by atoms with van der Waals surface area (Å²) in [6.45, 7) is 1.15. The fourth-order valence-electron chi connectivity index (χ4n) is 3.22. The number of hydrogen-bond acceptors (Lipinski definition) is 5. The van der Waals surface area contributed by atoms with Gasteiger partial charge in [-0.05, 0) is 17.5 Å². The van der Waals surface area contributed by atoms with E-state index >= 15 is 0 Å². The molecule has 2 aromatic carbocycles. The van der Waals surface area contributed by atoms with Crippen molar-refractivity contribution in [1.29, 1.82) is 0 Å². The number of aromatic nitrogens is 2. The topological polar surface area (TPSA) is 77.2 Å². The van der Waals surface area contributed by atoms with Gasteiger partial charge in [0, 0.05) is 24.9 Å². The molecule has 6 nitrogen and oxygen atoms in total. The first-order valence-electron chi connectivity index (χ1n) is 9.14. The lowest BCUT2D eigenvalue weighted by Gasteiger charge is -2.26. The van der Waals surface area contributed by atoms with Crippen LogP contribution in [0.1, 0.15) is 29.5 Å². The van der Waals surface area contributed by atoms with Crippen molar-refractivity contribution in [1.82, 2.24) is 15.5 Å². The Kier molecular flexibility index (Phi) is 5.25. The Bertz CT molecular complexity index is 908. The maximum atomic E-state index is 12.2. The summed E-state index contributed by atoms with van der Waals surface area (Å²) in [5.74, 6) is 0.947. The minimum Gasteiger partial charge on any atom is -0.371 e. The average Bonchev–Trinajstić information content (AvgIpc) is 3.20. The lowest BCUT2D eigenvalue weighted by Crippen LogP contribution is -2.32. The highest BCUT2D eigenvalue weighted by molar-refractivity contribution is 5.76. The van der Waals surface area contributed by atoms with Gasteiger partial charge in [-0.3, -0.25) is 4.79 Å². The Labute approximate surface area is 157 Å². The van der Waals surface area contributed by atoms with Crippen LogP contribution in [0.15, 0.2) is 59.1 Å². The van der Waals surface area contributed by atoms with Crippen molar-refractivity contribution in [3.63, 3.8) is 0 Å². The van der Waals surface area contributed by atoms with E-state index in [9.17, 15) is 4.79 Å². The largest absolute Gasteiger partial charge is 0.371 e. The number of amides is 1. The third-order valence-electron chi connectivity index (χ3n) is 4.64. The van der Waals surface area contributed by atoms with Crippen LogP contribution in [0, 0.1) is 0 Å². The molecule has 0 saturated heterocycles. The van der Waals surface area contributed by atoms with Crippen molar-refractivity contribution in [2.24, 2.45) is 0 Å². The predicted octanol–water partition coefficient (Wildman–Crippen LogP) is 3.10. The fourth-order valence-corrected chi connectivity index (χ4v) is 3.22. The maximum absolute atomic E-state index is 12.2. The Morgan fingerprint density at radius 2 is 1.93 bits per heavy atom. The first-order valence-corrected chi connectivity index (χ1v) is 9.14. The summed E-state index contributed by atoms with van der Waals surface area (Å²) in [6.07, 6.45) is 1.53. The predicted molar refractivity (Wildman–Crippen MR) is 99.9 cm³/mol.